The van der Waals surface area contributed by atoms with Gasteiger partial charge in [0.2, 0.25) is 0 Å². The Morgan fingerprint density at radius 3 is 2.38 bits per heavy atom. The second kappa shape index (κ2) is 9.67. The number of nitrogens with zero attached hydrogens (tertiary/aromatic N) is 3. The van der Waals surface area contributed by atoms with Gasteiger partial charge in [-0.1, -0.05) is 18.2 Å². The molecule has 3 rings (SSSR count). The van der Waals surface area contributed by atoms with Crippen LogP contribution >= 0.6 is 0 Å². The molecule has 7 nitrogen and oxygen atoms in total. The van der Waals surface area contributed by atoms with Crippen molar-refractivity contribution in [2.45, 2.75) is 46.2 Å². The Bertz CT molecular complexity index is 1140. The summed E-state index contributed by atoms with van der Waals surface area (Å²) < 4.78 is 27.9. The van der Waals surface area contributed by atoms with Crippen LogP contribution < -0.4 is 5.32 Å². The van der Waals surface area contributed by atoms with Gasteiger partial charge in [0.15, 0.2) is 11.6 Å². The quantitative estimate of drug-likeness (QED) is 0.411. The fourth-order valence-corrected chi connectivity index (χ4v) is 3.50. The molecule has 0 saturated carbocycles. The molecule has 2 aromatic carbocycles. The Morgan fingerprint density at radius 1 is 1.12 bits per heavy atom. The molecule has 168 valence electrons. The molecule has 0 saturated heterocycles. The summed E-state index contributed by atoms with van der Waals surface area (Å²) in [6.07, 6.45) is 1.08. The standard InChI is InChI=1S/C23H24F2N4O3/c1-14(4-5-17-8-11-20(24)21(25)12-17)26-23(30)19-9-6-18(7-10-19)13-28-16(3)22(29(31)32)15(2)27-28/h6-12,14H,4-5,13H2,1-3H3,(H,26,30). The summed E-state index contributed by atoms with van der Waals surface area (Å²) in [5, 5.41) is 18.3. The zero-order chi connectivity index (χ0) is 23.4. The highest BCUT2D eigenvalue weighted by Gasteiger charge is 2.21. The van der Waals surface area contributed by atoms with E-state index < -0.39 is 16.6 Å². The highest BCUT2D eigenvalue weighted by atomic mass is 19.2. The molecule has 3 aromatic rings. The number of hydrogen-bond donors (Lipinski definition) is 1. The molecule has 0 aliphatic carbocycles. The van der Waals surface area contributed by atoms with Crippen LogP contribution in [0, 0.1) is 35.6 Å². The van der Waals surface area contributed by atoms with Crippen molar-refractivity contribution in [1.82, 2.24) is 15.1 Å². The van der Waals surface area contributed by atoms with Crippen molar-refractivity contribution in [1.29, 1.82) is 0 Å². The number of hydrogen-bond acceptors (Lipinski definition) is 4. The minimum atomic E-state index is -0.880. The van der Waals surface area contributed by atoms with E-state index in [0.717, 1.165) is 11.6 Å². The molecule has 0 aliphatic rings. The normalized spacial score (nSPS) is 11.9. The molecule has 1 aromatic heterocycles. The lowest BCUT2D eigenvalue weighted by atomic mass is 10.1. The van der Waals surface area contributed by atoms with Crippen molar-refractivity contribution >= 4 is 11.6 Å². The number of carbonyl (C=O) groups excluding carboxylic acids is 1. The number of benzene rings is 2. The minimum absolute atomic E-state index is 0.0124. The van der Waals surface area contributed by atoms with E-state index in [4.69, 9.17) is 0 Å². The second-order valence-corrected chi connectivity index (χ2v) is 7.79. The fourth-order valence-electron chi connectivity index (χ4n) is 3.50. The van der Waals surface area contributed by atoms with Crippen LogP contribution in [0.25, 0.3) is 0 Å². The predicted molar refractivity (Wildman–Crippen MR) is 116 cm³/mol. The van der Waals surface area contributed by atoms with Crippen LogP contribution in [0.3, 0.4) is 0 Å². The molecule has 1 N–H and O–H groups in total. The first-order chi connectivity index (χ1) is 15.2. The highest BCUT2D eigenvalue weighted by molar-refractivity contribution is 5.94. The molecule has 0 aliphatic heterocycles. The molecule has 1 amide bonds. The van der Waals surface area contributed by atoms with Crippen molar-refractivity contribution < 1.29 is 18.5 Å². The molecule has 0 radical (unpaired) electrons. The number of aryl methyl sites for hydroxylation is 2. The SMILES string of the molecule is Cc1nn(Cc2ccc(C(=O)NC(C)CCc3ccc(F)c(F)c3)cc2)c(C)c1[N+](=O)[O-]. The number of nitro groups is 1. The lowest BCUT2D eigenvalue weighted by Gasteiger charge is -2.14. The van der Waals surface area contributed by atoms with Gasteiger partial charge in [0.25, 0.3) is 5.91 Å². The minimum Gasteiger partial charge on any atom is -0.350 e. The van der Waals surface area contributed by atoms with Crippen molar-refractivity contribution in [3.63, 3.8) is 0 Å². The first-order valence-electron chi connectivity index (χ1n) is 10.2. The Hall–Kier alpha value is -3.62. The van der Waals surface area contributed by atoms with Crippen LogP contribution in [-0.4, -0.2) is 26.7 Å². The molecule has 32 heavy (non-hydrogen) atoms. The topological polar surface area (TPSA) is 90.1 Å². The number of rotatable bonds is 8. The van der Waals surface area contributed by atoms with E-state index in [0.29, 0.717) is 41.9 Å². The molecular formula is C23H24F2N4O3. The summed E-state index contributed by atoms with van der Waals surface area (Å²) in [4.78, 5) is 23.2. The van der Waals surface area contributed by atoms with Gasteiger partial charge in [-0.25, -0.2) is 8.78 Å². The third kappa shape index (κ3) is 5.35. The van der Waals surface area contributed by atoms with E-state index in [1.807, 2.05) is 6.92 Å². The Labute approximate surface area is 184 Å². The Morgan fingerprint density at radius 2 is 1.78 bits per heavy atom. The maximum atomic E-state index is 13.3. The first kappa shape index (κ1) is 23.1. The van der Waals surface area contributed by atoms with E-state index in [-0.39, 0.29) is 17.6 Å². The molecular weight excluding hydrogens is 418 g/mol. The van der Waals surface area contributed by atoms with E-state index in [1.165, 1.54) is 12.1 Å². The van der Waals surface area contributed by atoms with Gasteiger partial charge in [0, 0.05) is 11.6 Å². The maximum absolute atomic E-state index is 13.3. The van der Waals surface area contributed by atoms with Gasteiger partial charge >= 0.3 is 5.69 Å². The van der Waals surface area contributed by atoms with Gasteiger partial charge in [0.05, 0.1) is 11.5 Å². The molecule has 0 fully saturated rings. The highest BCUT2D eigenvalue weighted by Crippen LogP contribution is 2.22. The summed E-state index contributed by atoms with van der Waals surface area (Å²) in [6, 6.07) is 10.6. The van der Waals surface area contributed by atoms with Gasteiger partial charge in [-0.3, -0.25) is 19.6 Å². The summed E-state index contributed by atoms with van der Waals surface area (Å²) in [6.45, 7) is 5.46. The lowest BCUT2D eigenvalue weighted by molar-refractivity contribution is -0.386. The van der Waals surface area contributed by atoms with Crippen molar-refractivity contribution in [2.24, 2.45) is 0 Å². The van der Waals surface area contributed by atoms with Crippen LogP contribution in [0.15, 0.2) is 42.5 Å². The van der Waals surface area contributed by atoms with E-state index in [2.05, 4.69) is 10.4 Å². The summed E-state index contributed by atoms with van der Waals surface area (Å²) in [5.41, 5.74) is 2.85. The van der Waals surface area contributed by atoms with Gasteiger partial charge in [0.1, 0.15) is 11.4 Å². The molecule has 1 unspecified atom stereocenters. The molecule has 0 bridgehead atoms. The zero-order valence-electron chi connectivity index (χ0n) is 18.1. The van der Waals surface area contributed by atoms with E-state index in [1.54, 1.807) is 42.8 Å². The number of carbonyl (C=O) groups is 1. The van der Waals surface area contributed by atoms with Gasteiger partial charge in [-0.2, -0.15) is 5.10 Å². The monoisotopic (exact) mass is 442 g/mol. The van der Waals surface area contributed by atoms with Crippen molar-refractivity contribution in [3.8, 4) is 0 Å². The second-order valence-electron chi connectivity index (χ2n) is 7.79. The van der Waals surface area contributed by atoms with Gasteiger partial charge in [-0.05, 0) is 69.0 Å². The summed E-state index contributed by atoms with van der Waals surface area (Å²) >= 11 is 0. The third-order valence-corrected chi connectivity index (χ3v) is 5.30. The van der Waals surface area contributed by atoms with Crippen molar-refractivity contribution in [3.05, 3.63) is 92.3 Å². The first-order valence-corrected chi connectivity index (χ1v) is 10.2. The third-order valence-electron chi connectivity index (χ3n) is 5.30. The number of aromatic nitrogens is 2. The summed E-state index contributed by atoms with van der Waals surface area (Å²) in [7, 11) is 0. The molecule has 9 heteroatoms. The number of amides is 1. The van der Waals surface area contributed by atoms with Gasteiger partial charge in [-0.15, -0.1) is 0 Å². The van der Waals surface area contributed by atoms with Gasteiger partial charge < -0.3 is 5.32 Å². The Balaban J connectivity index is 1.57. The Kier molecular flexibility index (Phi) is 6.97. The fraction of sp³-hybridized carbons (Fsp3) is 0.304. The average Bonchev–Trinajstić information content (AvgIpc) is 3.02. The largest absolute Gasteiger partial charge is 0.350 e. The molecule has 0 spiro atoms. The van der Waals surface area contributed by atoms with Crippen LogP contribution in [-0.2, 0) is 13.0 Å². The average molecular weight is 442 g/mol. The number of nitrogens with one attached hydrogen (secondary N) is 1. The summed E-state index contributed by atoms with van der Waals surface area (Å²) in [5.74, 6) is -2.00. The smallest absolute Gasteiger partial charge is 0.312 e. The van der Waals surface area contributed by atoms with Crippen molar-refractivity contribution in [2.75, 3.05) is 0 Å². The van der Waals surface area contributed by atoms with Crippen LogP contribution in [0.4, 0.5) is 14.5 Å². The maximum Gasteiger partial charge on any atom is 0.312 e. The lowest BCUT2D eigenvalue weighted by Crippen LogP contribution is -2.32. The van der Waals surface area contributed by atoms with Crippen LogP contribution in [0.2, 0.25) is 0 Å². The molecule has 1 heterocycles. The van der Waals surface area contributed by atoms with E-state index >= 15 is 0 Å². The van der Waals surface area contributed by atoms with Crippen LogP contribution in [0.5, 0.6) is 0 Å². The van der Waals surface area contributed by atoms with E-state index in [9.17, 15) is 23.7 Å². The zero-order valence-corrected chi connectivity index (χ0v) is 18.1. The number of halogens is 2. The molecule has 1 atom stereocenters. The van der Waals surface area contributed by atoms with Crippen LogP contribution in [0.1, 0.15) is 46.2 Å². The predicted octanol–water partition coefficient (Wildman–Crippen LogP) is 4.49.